The highest BCUT2D eigenvalue weighted by Crippen LogP contribution is 2.14. The lowest BCUT2D eigenvalue weighted by Crippen LogP contribution is -1.83. The maximum Gasteiger partial charge on any atom is -0.0142 e. The van der Waals surface area contributed by atoms with Gasteiger partial charge >= 0.3 is 0 Å². The summed E-state index contributed by atoms with van der Waals surface area (Å²) in [6.07, 6.45) is 13.3. The summed E-state index contributed by atoms with van der Waals surface area (Å²) in [7, 11) is 0. The van der Waals surface area contributed by atoms with Gasteiger partial charge in [0.1, 0.15) is 0 Å². The van der Waals surface area contributed by atoms with E-state index in [1.54, 1.807) is 5.57 Å². The fourth-order valence-electron chi connectivity index (χ4n) is 1.42. The molecule has 0 aromatic carbocycles. The summed E-state index contributed by atoms with van der Waals surface area (Å²) in [5.74, 6) is 0. The van der Waals surface area contributed by atoms with Crippen LogP contribution < -0.4 is 0 Å². The number of rotatable bonds is 8. The zero-order chi connectivity index (χ0) is 9.94. The van der Waals surface area contributed by atoms with Gasteiger partial charge in [-0.15, -0.1) is 6.58 Å². The maximum atomic E-state index is 3.80. The van der Waals surface area contributed by atoms with Gasteiger partial charge in [-0.25, -0.2) is 0 Å². The molecule has 0 nitrogen and oxygen atoms in total. The van der Waals surface area contributed by atoms with Crippen LogP contribution in [0.15, 0.2) is 24.3 Å². The quantitative estimate of drug-likeness (QED) is 0.369. The molecule has 0 saturated heterocycles. The van der Waals surface area contributed by atoms with Crippen LogP contribution in [0.4, 0.5) is 0 Å². The van der Waals surface area contributed by atoms with Crippen molar-refractivity contribution < 1.29 is 0 Å². The number of hydrogen-bond donors (Lipinski definition) is 0. The van der Waals surface area contributed by atoms with Crippen molar-refractivity contribution in [3.05, 3.63) is 24.3 Å². The van der Waals surface area contributed by atoms with Crippen LogP contribution in [-0.4, -0.2) is 0 Å². The normalized spacial score (nSPS) is 11.7. The first kappa shape index (κ1) is 12.5. The van der Waals surface area contributed by atoms with Gasteiger partial charge in [0.25, 0.3) is 0 Å². The molecule has 0 bridgehead atoms. The predicted molar refractivity (Wildman–Crippen MR) is 61.9 cm³/mol. The van der Waals surface area contributed by atoms with Crippen molar-refractivity contribution in [3.63, 3.8) is 0 Å². The lowest BCUT2D eigenvalue weighted by molar-refractivity contribution is 0.704. The van der Waals surface area contributed by atoms with Gasteiger partial charge < -0.3 is 0 Å². The molecule has 0 rings (SSSR count). The Morgan fingerprint density at radius 1 is 1.15 bits per heavy atom. The lowest BCUT2D eigenvalue weighted by Gasteiger charge is -2.03. The van der Waals surface area contributed by atoms with Crippen molar-refractivity contribution in [2.45, 2.75) is 58.8 Å². The number of unbranched alkanes of at least 4 members (excludes halogenated alkanes) is 3. The SMILES string of the molecule is C=CC/C(=C\CCC)CCCCC. The molecule has 0 aliphatic carbocycles. The first-order valence-corrected chi connectivity index (χ1v) is 5.63. The highest BCUT2D eigenvalue weighted by atomic mass is 14.0. The third-order valence-electron chi connectivity index (χ3n) is 2.23. The summed E-state index contributed by atoms with van der Waals surface area (Å²) in [6, 6.07) is 0. The average molecular weight is 180 g/mol. The van der Waals surface area contributed by atoms with Gasteiger partial charge in [0.15, 0.2) is 0 Å². The number of hydrogen-bond acceptors (Lipinski definition) is 0. The molecule has 0 aromatic rings. The van der Waals surface area contributed by atoms with E-state index in [0.717, 1.165) is 6.42 Å². The van der Waals surface area contributed by atoms with Crippen molar-refractivity contribution in [1.29, 1.82) is 0 Å². The van der Waals surface area contributed by atoms with Crippen LogP contribution in [0.2, 0.25) is 0 Å². The van der Waals surface area contributed by atoms with Gasteiger partial charge in [0, 0.05) is 0 Å². The topological polar surface area (TPSA) is 0 Å². The highest BCUT2D eigenvalue weighted by Gasteiger charge is 1.94. The van der Waals surface area contributed by atoms with Crippen LogP contribution in [-0.2, 0) is 0 Å². The maximum absolute atomic E-state index is 3.80. The molecule has 0 heterocycles. The zero-order valence-corrected chi connectivity index (χ0v) is 9.31. The molecule has 0 unspecified atom stereocenters. The fourth-order valence-corrected chi connectivity index (χ4v) is 1.42. The van der Waals surface area contributed by atoms with Crippen LogP contribution in [0.5, 0.6) is 0 Å². The largest absolute Gasteiger partial charge is 0.103 e. The molecule has 0 heteroatoms. The Morgan fingerprint density at radius 3 is 2.46 bits per heavy atom. The van der Waals surface area contributed by atoms with Gasteiger partial charge in [0.2, 0.25) is 0 Å². The molecule has 0 aliphatic rings. The molecular formula is C13H24. The van der Waals surface area contributed by atoms with Crippen molar-refractivity contribution >= 4 is 0 Å². The number of allylic oxidation sites excluding steroid dienone is 3. The van der Waals surface area contributed by atoms with Crippen molar-refractivity contribution in [3.8, 4) is 0 Å². The van der Waals surface area contributed by atoms with Crippen molar-refractivity contribution in [2.24, 2.45) is 0 Å². The minimum Gasteiger partial charge on any atom is -0.103 e. The van der Waals surface area contributed by atoms with Gasteiger partial charge in [-0.2, -0.15) is 0 Å². The molecule has 0 atom stereocenters. The summed E-state index contributed by atoms with van der Waals surface area (Å²) in [5.41, 5.74) is 1.59. The third kappa shape index (κ3) is 7.83. The van der Waals surface area contributed by atoms with E-state index in [0.29, 0.717) is 0 Å². The fraction of sp³-hybridized carbons (Fsp3) is 0.692. The summed E-state index contributed by atoms with van der Waals surface area (Å²) < 4.78 is 0. The van der Waals surface area contributed by atoms with Crippen LogP contribution in [0.25, 0.3) is 0 Å². The standard InChI is InChI=1S/C13H24/c1-4-7-9-12-13(10-6-3)11-8-5-2/h6,11H,3-5,7-10,12H2,1-2H3/b13-11+. The van der Waals surface area contributed by atoms with E-state index in [4.69, 9.17) is 0 Å². The van der Waals surface area contributed by atoms with Gasteiger partial charge in [-0.1, -0.05) is 50.8 Å². The van der Waals surface area contributed by atoms with Crippen LogP contribution in [0, 0.1) is 0 Å². The van der Waals surface area contributed by atoms with E-state index in [9.17, 15) is 0 Å². The molecule has 0 N–H and O–H groups in total. The molecule has 76 valence electrons. The highest BCUT2D eigenvalue weighted by molar-refractivity contribution is 5.06. The van der Waals surface area contributed by atoms with Gasteiger partial charge in [-0.3, -0.25) is 0 Å². The summed E-state index contributed by atoms with van der Waals surface area (Å²) in [5, 5.41) is 0. The van der Waals surface area contributed by atoms with E-state index < -0.39 is 0 Å². The van der Waals surface area contributed by atoms with Crippen molar-refractivity contribution in [1.82, 2.24) is 0 Å². The predicted octanol–water partition coefficient (Wildman–Crippen LogP) is 4.87. The average Bonchev–Trinajstić information content (AvgIpc) is 2.14. The summed E-state index contributed by atoms with van der Waals surface area (Å²) in [6.45, 7) is 8.28. The van der Waals surface area contributed by atoms with Crippen LogP contribution >= 0.6 is 0 Å². The van der Waals surface area contributed by atoms with Crippen LogP contribution in [0.3, 0.4) is 0 Å². The van der Waals surface area contributed by atoms with E-state index in [-0.39, 0.29) is 0 Å². The zero-order valence-electron chi connectivity index (χ0n) is 9.31. The first-order chi connectivity index (χ1) is 6.35. The minimum absolute atomic E-state index is 1.09. The Balaban J connectivity index is 3.72. The molecular weight excluding hydrogens is 156 g/mol. The molecule has 0 amide bonds. The van der Waals surface area contributed by atoms with Gasteiger partial charge in [-0.05, 0) is 25.7 Å². The smallest absolute Gasteiger partial charge is 0.0142 e. The molecule has 0 radical (unpaired) electrons. The molecule has 0 saturated carbocycles. The van der Waals surface area contributed by atoms with Crippen LogP contribution in [0.1, 0.15) is 58.8 Å². The molecule has 13 heavy (non-hydrogen) atoms. The molecule has 0 aromatic heterocycles. The monoisotopic (exact) mass is 180 g/mol. The lowest BCUT2D eigenvalue weighted by atomic mass is 10.0. The summed E-state index contributed by atoms with van der Waals surface area (Å²) >= 11 is 0. The Morgan fingerprint density at radius 2 is 1.92 bits per heavy atom. The summed E-state index contributed by atoms with van der Waals surface area (Å²) in [4.78, 5) is 0. The van der Waals surface area contributed by atoms with E-state index in [2.05, 4.69) is 26.5 Å². The van der Waals surface area contributed by atoms with E-state index in [1.807, 2.05) is 6.08 Å². The van der Waals surface area contributed by atoms with Gasteiger partial charge in [0.05, 0.1) is 0 Å². The third-order valence-corrected chi connectivity index (χ3v) is 2.23. The Bertz CT molecular complexity index is 142. The second kappa shape index (κ2) is 9.57. The van der Waals surface area contributed by atoms with Crippen molar-refractivity contribution in [2.75, 3.05) is 0 Å². The van der Waals surface area contributed by atoms with E-state index >= 15 is 0 Å². The molecule has 0 aliphatic heterocycles. The molecule has 0 spiro atoms. The minimum atomic E-state index is 1.09. The Hall–Kier alpha value is -0.520. The molecule has 0 fully saturated rings. The Labute approximate surface area is 83.7 Å². The first-order valence-electron chi connectivity index (χ1n) is 5.63. The second-order valence-corrected chi connectivity index (χ2v) is 3.60. The second-order valence-electron chi connectivity index (χ2n) is 3.60. The Kier molecular flexibility index (Phi) is 9.18. The van der Waals surface area contributed by atoms with E-state index in [1.165, 1.54) is 38.5 Å².